The molecule has 2 rings (SSSR count). The lowest BCUT2D eigenvalue weighted by Gasteiger charge is -2.36. The highest BCUT2D eigenvalue weighted by molar-refractivity contribution is 7.89. The first-order valence-electron chi connectivity index (χ1n) is 7.38. The molecule has 1 aliphatic heterocycles. The minimum Gasteiger partial charge on any atom is -0.326 e. The maximum atomic E-state index is 12.5. The van der Waals surface area contributed by atoms with Crippen LogP contribution in [0.25, 0.3) is 0 Å². The molecule has 1 aliphatic rings. The summed E-state index contributed by atoms with van der Waals surface area (Å²) in [7, 11) is -3.49. The summed E-state index contributed by atoms with van der Waals surface area (Å²) in [6.45, 7) is 7.28. The maximum Gasteiger partial charge on any atom is 0.260 e. The van der Waals surface area contributed by atoms with E-state index in [-0.39, 0.29) is 5.03 Å². The van der Waals surface area contributed by atoms with E-state index in [2.05, 4.69) is 23.7 Å². The Bertz CT molecular complexity index is 551. The smallest absolute Gasteiger partial charge is 0.260 e. The molecule has 6 nitrogen and oxygen atoms in total. The first-order chi connectivity index (χ1) is 9.98. The molecule has 0 bridgehead atoms. The lowest BCUT2D eigenvalue weighted by molar-refractivity contribution is 0.142. The van der Waals surface area contributed by atoms with Crippen LogP contribution in [-0.4, -0.2) is 54.8 Å². The summed E-state index contributed by atoms with van der Waals surface area (Å²) in [6.07, 6.45) is 2.61. The number of aromatic nitrogens is 1. The van der Waals surface area contributed by atoms with Crippen molar-refractivity contribution in [2.24, 2.45) is 5.73 Å². The van der Waals surface area contributed by atoms with Crippen molar-refractivity contribution in [2.45, 2.75) is 37.9 Å². The molecule has 2 heterocycles. The zero-order valence-electron chi connectivity index (χ0n) is 12.7. The van der Waals surface area contributed by atoms with Gasteiger partial charge in [-0.3, -0.25) is 4.90 Å². The van der Waals surface area contributed by atoms with E-state index >= 15 is 0 Å². The number of sulfonamides is 1. The Kier molecular flexibility index (Phi) is 5.32. The van der Waals surface area contributed by atoms with Gasteiger partial charge in [0.2, 0.25) is 0 Å². The average molecular weight is 312 g/mol. The predicted molar refractivity (Wildman–Crippen MR) is 82.2 cm³/mol. The molecule has 0 aromatic carbocycles. The predicted octanol–water partition coefficient (Wildman–Crippen LogP) is 0.645. The van der Waals surface area contributed by atoms with Crippen LogP contribution in [0.3, 0.4) is 0 Å². The van der Waals surface area contributed by atoms with Gasteiger partial charge in [0, 0.05) is 45.0 Å². The molecule has 7 heteroatoms. The Morgan fingerprint density at radius 3 is 2.43 bits per heavy atom. The fraction of sp³-hybridized carbons (Fsp3) is 0.643. The summed E-state index contributed by atoms with van der Waals surface area (Å²) >= 11 is 0. The van der Waals surface area contributed by atoms with Crippen molar-refractivity contribution in [1.82, 2.24) is 14.2 Å². The molecule has 0 saturated carbocycles. The quantitative estimate of drug-likeness (QED) is 0.863. The summed E-state index contributed by atoms with van der Waals surface area (Å²) in [5, 5.41) is 0.108. The molecule has 1 aromatic rings. The number of nitrogens with zero attached hydrogens (tertiary/aromatic N) is 3. The van der Waals surface area contributed by atoms with Crippen molar-refractivity contribution in [3.63, 3.8) is 0 Å². The van der Waals surface area contributed by atoms with Crippen LogP contribution in [-0.2, 0) is 16.6 Å². The van der Waals surface area contributed by atoms with Gasteiger partial charge >= 0.3 is 0 Å². The lowest BCUT2D eigenvalue weighted by atomic mass is 10.2. The van der Waals surface area contributed by atoms with Crippen LogP contribution in [0.5, 0.6) is 0 Å². The van der Waals surface area contributed by atoms with Gasteiger partial charge in [0.25, 0.3) is 10.0 Å². The largest absolute Gasteiger partial charge is 0.326 e. The van der Waals surface area contributed by atoms with Crippen LogP contribution >= 0.6 is 0 Å². The molecule has 1 aromatic heterocycles. The first-order valence-corrected chi connectivity index (χ1v) is 8.82. The minimum absolute atomic E-state index is 0.108. The van der Waals surface area contributed by atoms with Gasteiger partial charge < -0.3 is 5.73 Å². The van der Waals surface area contributed by atoms with E-state index < -0.39 is 10.0 Å². The van der Waals surface area contributed by atoms with E-state index in [0.717, 1.165) is 25.1 Å². The molecule has 2 N–H and O–H groups in total. The second-order valence-electron chi connectivity index (χ2n) is 5.41. The molecule has 118 valence electrons. The molecule has 1 unspecified atom stereocenters. The van der Waals surface area contributed by atoms with Gasteiger partial charge in [0.05, 0.1) is 0 Å². The Balaban J connectivity index is 2.07. The zero-order valence-corrected chi connectivity index (χ0v) is 13.5. The van der Waals surface area contributed by atoms with E-state index in [1.165, 1.54) is 10.5 Å². The lowest BCUT2D eigenvalue weighted by Crippen LogP contribution is -2.51. The Morgan fingerprint density at radius 2 is 1.95 bits per heavy atom. The Labute approximate surface area is 127 Å². The third kappa shape index (κ3) is 3.60. The number of rotatable bonds is 5. The molecule has 1 fully saturated rings. The van der Waals surface area contributed by atoms with Gasteiger partial charge in [-0.15, -0.1) is 0 Å². The van der Waals surface area contributed by atoms with Crippen LogP contribution in [0.4, 0.5) is 0 Å². The van der Waals surface area contributed by atoms with Gasteiger partial charge in [-0.1, -0.05) is 13.0 Å². The molecule has 21 heavy (non-hydrogen) atoms. The van der Waals surface area contributed by atoms with E-state index in [1.807, 2.05) is 0 Å². The van der Waals surface area contributed by atoms with Crippen LogP contribution in [0.1, 0.15) is 25.8 Å². The van der Waals surface area contributed by atoms with E-state index in [1.54, 1.807) is 12.1 Å². The van der Waals surface area contributed by atoms with Crippen molar-refractivity contribution >= 4 is 10.0 Å². The second kappa shape index (κ2) is 6.83. The monoisotopic (exact) mass is 312 g/mol. The fourth-order valence-electron chi connectivity index (χ4n) is 2.46. The fourth-order valence-corrected chi connectivity index (χ4v) is 3.79. The van der Waals surface area contributed by atoms with Crippen LogP contribution in [0, 0.1) is 0 Å². The molecular weight excluding hydrogens is 288 g/mol. The second-order valence-corrected chi connectivity index (χ2v) is 7.29. The Morgan fingerprint density at radius 1 is 1.29 bits per heavy atom. The van der Waals surface area contributed by atoms with Gasteiger partial charge in [0.1, 0.15) is 0 Å². The van der Waals surface area contributed by atoms with Gasteiger partial charge in [-0.25, -0.2) is 13.4 Å². The Hall–Kier alpha value is -1.02. The standard InChI is InChI=1S/C14H24N4O2S/c1-3-12(2)17-6-8-18(9-7-17)21(19,20)14-5-4-13(10-15)11-16-14/h4-5,11-12H,3,6-10,15H2,1-2H3. The van der Waals surface area contributed by atoms with Crippen molar-refractivity contribution < 1.29 is 8.42 Å². The number of piperazine rings is 1. The molecule has 1 atom stereocenters. The number of pyridine rings is 1. The van der Waals surface area contributed by atoms with E-state index in [4.69, 9.17) is 5.73 Å². The number of hydrogen-bond donors (Lipinski definition) is 1. The summed E-state index contributed by atoms with van der Waals surface area (Å²) in [4.78, 5) is 6.37. The number of hydrogen-bond acceptors (Lipinski definition) is 5. The average Bonchev–Trinajstić information content (AvgIpc) is 2.54. The third-order valence-corrected chi connectivity index (χ3v) is 5.94. The normalized spacial score (nSPS) is 19.6. The van der Waals surface area contributed by atoms with Crippen molar-refractivity contribution in [2.75, 3.05) is 26.2 Å². The van der Waals surface area contributed by atoms with E-state index in [0.29, 0.717) is 25.7 Å². The van der Waals surface area contributed by atoms with Crippen molar-refractivity contribution in [3.05, 3.63) is 23.9 Å². The maximum absolute atomic E-state index is 12.5. The highest BCUT2D eigenvalue weighted by Gasteiger charge is 2.30. The molecule has 0 spiro atoms. The van der Waals surface area contributed by atoms with Gasteiger partial charge in [0.15, 0.2) is 5.03 Å². The zero-order chi connectivity index (χ0) is 15.5. The summed E-state index contributed by atoms with van der Waals surface area (Å²) in [6, 6.07) is 3.75. The van der Waals surface area contributed by atoms with Gasteiger partial charge in [-0.2, -0.15) is 4.31 Å². The number of nitrogens with two attached hydrogens (primary N) is 1. The van der Waals surface area contributed by atoms with E-state index in [9.17, 15) is 8.42 Å². The van der Waals surface area contributed by atoms with Crippen LogP contribution in [0.15, 0.2) is 23.4 Å². The highest BCUT2D eigenvalue weighted by Crippen LogP contribution is 2.17. The van der Waals surface area contributed by atoms with Crippen LogP contribution in [0.2, 0.25) is 0 Å². The summed E-state index contributed by atoms with van der Waals surface area (Å²) in [5.41, 5.74) is 6.33. The SMILES string of the molecule is CCC(C)N1CCN(S(=O)(=O)c2ccc(CN)cn2)CC1. The molecule has 0 amide bonds. The van der Waals surface area contributed by atoms with Crippen LogP contribution < -0.4 is 5.73 Å². The van der Waals surface area contributed by atoms with Gasteiger partial charge in [-0.05, 0) is 25.0 Å². The first kappa shape index (κ1) is 16.4. The minimum atomic E-state index is -3.49. The van der Waals surface area contributed by atoms with Crippen molar-refractivity contribution in [3.8, 4) is 0 Å². The highest BCUT2D eigenvalue weighted by atomic mass is 32.2. The summed E-state index contributed by atoms with van der Waals surface area (Å²) < 4.78 is 26.6. The third-order valence-electron chi connectivity index (χ3n) is 4.12. The molecule has 0 radical (unpaired) electrons. The molecular formula is C14H24N4O2S. The molecule has 1 saturated heterocycles. The summed E-state index contributed by atoms with van der Waals surface area (Å²) in [5.74, 6) is 0. The van der Waals surface area contributed by atoms with Crippen molar-refractivity contribution in [1.29, 1.82) is 0 Å². The molecule has 0 aliphatic carbocycles. The topological polar surface area (TPSA) is 79.5 Å².